The molecule has 0 bridgehead atoms. The second-order valence-corrected chi connectivity index (χ2v) is 4.61. The highest BCUT2D eigenvalue weighted by atomic mass is 35.5. The summed E-state index contributed by atoms with van der Waals surface area (Å²) in [5, 5.41) is 3.44. The third kappa shape index (κ3) is 2.50. The molecule has 0 aromatic heterocycles. The average molecular weight is 228 g/mol. The van der Waals surface area contributed by atoms with E-state index in [2.05, 4.69) is 5.32 Å². The van der Waals surface area contributed by atoms with E-state index in [4.69, 9.17) is 11.6 Å². The summed E-state index contributed by atoms with van der Waals surface area (Å²) in [7, 11) is 0. The molecule has 1 nitrogen and oxygen atoms in total. The van der Waals surface area contributed by atoms with Crippen LogP contribution >= 0.6 is 11.6 Å². The predicted molar refractivity (Wildman–Crippen MR) is 60.7 cm³/mol. The summed E-state index contributed by atoms with van der Waals surface area (Å²) in [5.74, 6) is 0.488. The summed E-state index contributed by atoms with van der Waals surface area (Å²) < 4.78 is 12.9. The van der Waals surface area contributed by atoms with Gasteiger partial charge < -0.3 is 5.32 Å². The summed E-state index contributed by atoms with van der Waals surface area (Å²) in [6.45, 7) is 2.71. The van der Waals surface area contributed by atoms with Crippen molar-refractivity contribution in [2.24, 2.45) is 0 Å². The van der Waals surface area contributed by atoms with Crippen molar-refractivity contribution in [3.05, 3.63) is 35.1 Å². The van der Waals surface area contributed by atoms with E-state index in [-0.39, 0.29) is 11.4 Å². The molecule has 1 aromatic carbocycles. The Hall–Kier alpha value is -0.600. The minimum absolute atomic E-state index is 0.155. The zero-order valence-electron chi connectivity index (χ0n) is 8.82. The average Bonchev–Trinajstić information content (AvgIpc) is 2.97. The van der Waals surface area contributed by atoms with E-state index in [0.717, 1.165) is 30.5 Å². The smallest absolute Gasteiger partial charge is 0.123 e. The first-order chi connectivity index (χ1) is 7.15. The predicted octanol–water partition coefficient (Wildman–Crippen LogP) is 3.00. The number of alkyl halides is 1. The Balaban J connectivity index is 1.99. The Morgan fingerprint density at radius 3 is 2.73 bits per heavy atom. The zero-order valence-corrected chi connectivity index (χ0v) is 9.57. The van der Waals surface area contributed by atoms with Crippen molar-refractivity contribution in [2.45, 2.75) is 31.8 Å². The Labute approximate surface area is 94.6 Å². The van der Waals surface area contributed by atoms with Crippen molar-refractivity contribution in [3.63, 3.8) is 0 Å². The molecule has 0 amide bonds. The van der Waals surface area contributed by atoms with Crippen LogP contribution in [0, 0.1) is 12.7 Å². The molecular weight excluding hydrogens is 213 g/mol. The lowest BCUT2D eigenvalue weighted by atomic mass is 10.1. The van der Waals surface area contributed by atoms with Gasteiger partial charge in [0, 0.05) is 18.0 Å². The van der Waals surface area contributed by atoms with Crippen LogP contribution in [-0.2, 0) is 6.54 Å². The maximum Gasteiger partial charge on any atom is 0.123 e. The van der Waals surface area contributed by atoms with E-state index in [1.54, 1.807) is 6.07 Å². The van der Waals surface area contributed by atoms with Gasteiger partial charge in [-0.1, -0.05) is 6.07 Å². The topological polar surface area (TPSA) is 12.0 Å². The summed E-state index contributed by atoms with van der Waals surface area (Å²) in [6.07, 6.45) is 2.30. The molecule has 0 aliphatic heterocycles. The van der Waals surface area contributed by atoms with Gasteiger partial charge in [-0.2, -0.15) is 0 Å². The molecule has 0 atom stereocenters. The first-order valence-electron chi connectivity index (χ1n) is 5.21. The van der Waals surface area contributed by atoms with Gasteiger partial charge in [-0.25, -0.2) is 4.39 Å². The monoisotopic (exact) mass is 227 g/mol. The minimum Gasteiger partial charge on any atom is -0.306 e. The lowest BCUT2D eigenvalue weighted by Gasteiger charge is -2.15. The summed E-state index contributed by atoms with van der Waals surface area (Å²) >= 11 is 5.86. The fourth-order valence-electron chi connectivity index (χ4n) is 1.65. The summed E-state index contributed by atoms with van der Waals surface area (Å²) in [4.78, 5) is 0. The molecule has 1 aliphatic carbocycles. The highest BCUT2D eigenvalue weighted by molar-refractivity contribution is 6.18. The molecular formula is C12H15ClFN. The number of hydrogen-bond acceptors (Lipinski definition) is 1. The first-order valence-corrected chi connectivity index (χ1v) is 5.75. The van der Waals surface area contributed by atoms with Crippen LogP contribution in [0.2, 0.25) is 0 Å². The van der Waals surface area contributed by atoms with Gasteiger partial charge in [-0.05, 0) is 43.0 Å². The van der Waals surface area contributed by atoms with Gasteiger partial charge in [-0.3, -0.25) is 0 Å². The number of nitrogens with one attached hydrogen (secondary N) is 1. The highest BCUT2D eigenvalue weighted by Crippen LogP contribution is 2.36. The van der Waals surface area contributed by atoms with Gasteiger partial charge >= 0.3 is 0 Å². The Kier molecular flexibility index (Phi) is 2.98. The first kappa shape index (κ1) is 10.9. The van der Waals surface area contributed by atoms with Crippen LogP contribution in [0.1, 0.15) is 24.0 Å². The summed E-state index contributed by atoms with van der Waals surface area (Å²) in [6, 6.07) is 4.91. The molecule has 2 rings (SSSR count). The van der Waals surface area contributed by atoms with E-state index in [1.807, 2.05) is 13.0 Å². The molecule has 1 aliphatic rings. The lowest BCUT2D eigenvalue weighted by Crippen LogP contribution is -2.32. The fourth-order valence-corrected chi connectivity index (χ4v) is 2.01. The maximum absolute atomic E-state index is 12.9. The third-order valence-corrected chi connectivity index (χ3v) is 3.58. The number of benzene rings is 1. The van der Waals surface area contributed by atoms with Crippen LogP contribution < -0.4 is 5.32 Å². The molecule has 3 heteroatoms. The molecule has 0 heterocycles. The normalized spacial score (nSPS) is 17.8. The molecule has 15 heavy (non-hydrogen) atoms. The number of rotatable bonds is 4. The molecule has 1 saturated carbocycles. The van der Waals surface area contributed by atoms with Gasteiger partial charge in [0.05, 0.1) is 0 Å². The second-order valence-electron chi connectivity index (χ2n) is 4.34. The number of aryl methyl sites for hydroxylation is 1. The van der Waals surface area contributed by atoms with Crippen LogP contribution in [0.3, 0.4) is 0 Å². The van der Waals surface area contributed by atoms with Crippen LogP contribution in [0.25, 0.3) is 0 Å². The van der Waals surface area contributed by atoms with Crippen molar-refractivity contribution < 1.29 is 4.39 Å². The van der Waals surface area contributed by atoms with Crippen molar-refractivity contribution in [3.8, 4) is 0 Å². The molecule has 0 radical (unpaired) electrons. The van der Waals surface area contributed by atoms with E-state index < -0.39 is 0 Å². The van der Waals surface area contributed by atoms with Gasteiger partial charge in [0.2, 0.25) is 0 Å². The van der Waals surface area contributed by atoms with Crippen molar-refractivity contribution in [1.82, 2.24) is 5.32 Å². The van der Waals surface area contributed by atoms with E-state index in [1.165, 1.54) is 6.07 Å². The van der Waals surface area contributed by atoms with Crippen LogP contribution in [0.15, 0.2) is 18.2 Å². The van der Waals surface area contributed by atoms with E-state index >= 15 is 0 Å². The number of halogens is 2. The van der Waals surface area contributed by atoms with E-state index in [9.17, 15) is 4.39 Å². The van der Waals surface area contributed by atoms with Crippen molar-refractivity contribution in [2.75, 3.05) is 5.88 Å². The summed E-state index contributed by atoms with van der Waals surface area (Å²) in [5.41, 5.74) is 2.29. The molecule has 1 fully saturated rings. The number of hydrogen-bond donors (Lipinski definition) is 1. The molecule has 0 unspecified atom stereocenters. The molecule has 0 saturated heterocycles. The molecule has 1 N–H and O–H groups in total. The van der Waals surface area contributed by atoms with Crippen LogP contribution in [-0.4, -0.2) is 11.4 Å². The zero-order chi connectivity index (χ0) is 10.9. The maximum atomic E-state index is 12.9. The second kappa shape index (κ2) is 4.11. The third-order valence-electron chi connectivity index (χ3n) is 3.07. The van der Waals surface area contributed by atoms with Crippen molar-refractivity contribution >= 4 is 11.6 Å². The lowest BCUT2D eigenvalue weighted by molar-refractivity contribution is 0.540. The molecule has 82 valence electrons. The van der Waals surface area contributed by atoms with E-state index in [0.29, 0.717) is 5.88 Å². The Morgan fingerprint density at radius 1 is 1.47 bits per heavy atom. The quantitative estimate of drug-likeness (QED) is 0.780. The van der Waals surface area contributed by atoms with Gasteiger partial charge in [0.25, 0.3) is 0 Å². The standard InChI is InChI=1S/C12H15ClFN/c1-9-6-11(14)3-2-10(9)7-15-12(8-13)4-5-12/h2-3,6,15H,4-5,7-8H2,1H3. The van der Waals surface area contributed by atoms with Crippen LogP contribution in [0.4, 0.5) is 4.39 Å². The Bertz CT molecular complexity index is 361. The van der Waals surface area contributed by atoms with Crippen molar-refractivity contribution in [1.29, 1.82) is 0 Å². The fraction of sp³-hybridized carbons (Fsp3) is 0.500. The molecule has 1 aromatic rings. The van der Waals surface area contributed by atoms with Gasteiger partial charge in [0.15, 0.2) is 0 Å². The Morgan fingerprint density at radius 2 is 2.20 bits per heavy atom. The largest absolute Gasteiger partial charge is 0.306 e. The minimum atomic E-state index is -0.172. The van der Waals surface area contributed by atoms with Crippen LogP contribution in [0.5, 0.6) is 0 Å². The van der Waals surface area contributed by atoms with Gasteiger partial charge in [-0.15, -0.1) is 11.6 Å². The van der Waals surface area contributed by atoms with Gasteiger partial charge in [0.1, 0.15) is 5.82 Å². The highest BCUT2D eigenvalue weighted by Gasteiger charge is 2.41. The SMILES string of the molecule is Cc1cc(F)ccc1CNC1(CCl)CC1. The molecule has 0 spiro atoms.